The highest BCUT2D eigenvalue weighted by Crippen LogP contribution is 2.24. The minimum absolute atomic E-state index is 0.00963. The van der Waals surface area contributed by atoms with Crippen LogP contribution >= 0.6 is 11.3 Å². The van der Waals surface area contributed by atoms with E-state index in [0.29, 0.717) is 0 Å². The lowest BCUT2D eigenvalue weighted by Crippen LogP contribution is -1.94. The quantitative estimate of drug-likeness (QED) is 0.377. The van der Waals surface area contributed by atoms with Gasteiger partial charge in [0.2, 0.25) is 0 Å². The third kappa shape index (κ3) is 3.38. The Bertz CT molecular complexity index is 1040. The van der Waals surface area contributed by atoms with Crippen LogP contribution in [0.2, 0.25) is 0 Å². The molecule has 0 N–H and O–H groups in total. The lowest BCUT2D eigenvalue weighted by molar-refractivity contribution is 0.105. The second kappa shape index (κ2) is 7.29. The van der Waals surface area contributed by atoms with Gasteiger partial charge in [-0.15, -0.1) is 11.3 Å². The van der Waals surface area contributed by atoms with Gasteiger partial charge >= 0.3 is 0 Å². The molecule has 4 rings (SSSR count). The summed E-state index contributed by atoms with van der Waals surface area (Å²) in [4.78, 5) is 17.2. The largest absolute Gasteiger partial charge is 0.288 e. The maximum Gasteiger partial charge on any atom is 0.195 e. The van der Waals surface area contributed by atoms with E-state index >= 15 is 0 Å². The molecule has 4 nitrogen and oxygen atoms in total. The number of carbonyl (C=O) groups is 1. The number of pyridine rings is 1. The average molecular weight is 357 g/mol. The fourth-order valence-corrected chi connectivity index (χ4v) is 3.26. The number of aromatic nitrogens is 3. The fraction of sp³-hybridized carbons (Fsp3) is 0. The number of carbonyl (C=O) groups excluding carboxylic acids is 1. The molecule has 0 aliphatic rings. The summed E-state index contributed by atoms with van der Waals surface area (Å²) in [7, 11) is 0. The topological polar surface area (TPSA) is 47.8 Å². The Labute approximate surface area is 155 Å². The molecule has 0 spiro atoms. The molecule has 3 aromatic heterocycles. The highest BCUT2D eigenvalue weighted by atomic mass is 32.1. The third-order valence-electron chi connectivity index (χ3n) is 3.88. The van der Waals surface area contributed by atoms with E-state index in [4.69, 9.17) is 5.10 Å². The van der Waals surface area contributed by atoms with Crippen LogP contribution in [0.25, 0.3) is 23.0 Å². The zero-order valence-corrected chi connectivity index (χ0v) is 14.6. The molecule has 0 radical (unpaired) electrons. The maximum atomic E-state index is 12.3. The monoisotopic (exact) mass is 357 g/mol. The van der Waals surface area contributed by atoms with Crippen LogP contribution < -0.4 is 0 Å². The molecule has 0 fully saturated rings. The summed E-state index contributed by atoms with van der Waals surface area (Å²) in [6.07, 6.45) is 8.84. The standard InChI is InChI=1S/C21H15N3OS/c25-19(20-9-5-13-26-20)11-10-17-15-24(18-7-2-1-3-8-18)23-21(17)16-6-4-12-22-14-16/h1-15H/b11-10+. The van der Waals surface area contributed by atoms with Gasteiger partial charge in [0.05, 0.1) is 10.6 Å². The average Bonchev–Trinajstić information content (AvgIpc) is 3.38. The molecule has 0 aliphatic carbocycles. The van der Waals surface area contributed by atoms with Crippen LogP contribution in [-0.2, 0) is 0 Å². The van der Waals surface area contributed by atoms with Crippen molar-refractivity contribution in [1.29, 1.82) is 0 Å². The van der Waals surface area contributed by atoms with E-state index in [0.717, 1.165) is 27.4 Å². The number of allylic oxidation sites excluding steroid dienone is 1. The van der Waals surface area contributed by atoms with Crippen molar-refractivity contribution < 1.29 is 4.79 Å². The molecule has 1 aromatic carbocycles. The molecule has 3 heterocycles. The van der Waals surface area contributed by atoms with Gasteiger partial charge in [-0.05, 0) is 47.9 Å². The van der Waals surface area contributed by atoms with Gasteiger partial charge in [-0.3, -0.25) is 9.78 Å². The first-order valence-electron chi connectivity index (χ1n) is 8.13. The van der Waals surface area contributed by atoms with E-state index in [2.05, 4.69) is 4.98 Å². The van der Waals surface area contributed by atoms with Crippen LogP contribution in [0.5, 0.6) is 0 Å². The van der Waals surface area contributed by atoms with Gasteiger partial charge in [-0.1, -0.05) is 24.3 Å². The Morgan fingerprint density at radius 1 is 1.04 bits per heavy atom. The van der Waals surface area contributed by atoms with E-state index in [1.54, 1.807) is 18.5 Å². The predicted molar refractivity (Wildman–Crippen MR) is 104 cm³/mol. The Kier molecular flexibility index (Phi) is 4.53. The summed E-state index contributed by atoms with van der Waals surface area (Å²) >= 11 is 1.44. The van der Waals surface area contributed by atoms with Gasteiger partial charge in [0.15, 0.2) is 5.78 Å². The maximum absolute atomic E-state index is 12.3. The number of ketones is 1. The number of rotatable bonds is 5. The first kappa shape index (κ1) is 16.2. The number of para-hydroxylation sites is 1. The van der Waals surface area contributed by atoms with Crippen LogP contribution in [-0.4, -0.2) is 20.5 Å². The molecule has 0 saturated carbocycles. The smallest absolute Gasteiger partial charge is 0.195 e. The summed E-state index contributed by atoms with van der Waals surface area (Å²) in [5.74, 6) is -0.00963. The molecule has 0 amide bonds. The van der Waals surface area contributed by atoms with Crippen molar-refractivity contribution in [3.05, 3.63) is 95.1 Å². The van der Waals surface area contributed by atoms with Crippen LogP contribution in [0.4, 0.5) is 0 Å². The first-order valence-corrected chi connectivity index (χ1v) is 9.00. The highest BCUT2D eigenvalue weighted by molar-refractivity contribution is 7.12. The van der Waals surface area contributed by atoms with Crippen molar-refractivity contribution in [2.24, 2.45) is 0 Å². The summed E-state index contributed by atoms with van der Waals surface area (Å²) in [5.41, 5.74) is 3.52. The molecule has 0 unspecified atom stereocenters. The lowest BCUT2D eigenvalue weighted by atomic mass is 10.1. The lowest BCUT2D eigenvalue weighted by Gasteiger charge is -1.99. The molecule has 126 valence electrons. The summed E-state index contributed by atoms with van der Waals surface area (Å²) in [5, 5.41) is 6.61. The minimum atomic E-state index is -0.00963. The van der Waals surface area contributed by atoms with Crippen molar-refractivity contribution in [2.75, 3.05) is 0 Å². The molecule has 0 saturated heterocycles. The zero-order chi connectivity index (χ0) is 17.8. The molecular formula is C21H15N3OS. The highest BCUT2D eigenvalue weighted by Gasteiger charge is 2.11. The molecule has 0 aliphatic heterocycles. The van der Waals surface area contributed by atoms with E-state index in [9.17, 15) is 4.79 Å². The first-order chi connectivity index (χ1) is 12.8. The Hall–Kier alpha value is -3.31. The summed E-state index contributed by atoms with van der Waals surface area (Å²) < 4.78 is 1.82. The Morgan fingerprint density at radius 2 is 1.92 bits per heavy atom. The second-order valence-corrected chi connectivity index (χ2v) is 6.58. The van der Waals surface area contributed by atoms with Crippen LogP contribution in [0, 0.1) is 0 Å². The van der Waals surface area contributed by atoms with Crippen molar-refractivity contribution in [2.45, 2.75) is 0 Å². The van der Waals surface area contributed by atoms with E-state index < -0.39 is 0 Å². The van der Waals surface area contributed by atoms with Crippen LogP contribution in [0.1, 0.15) is 15.2 Å². The van der Waals surface area contributed by atoms with Crippen molar-refractivity contribution in [3.63, 3.8) is 0 Å². The van der Waals surface area contributed by atoms with Gasteiger partial charge in [0.25, 0.3) is 0 Å². The normalized spacial score (nSPS) is 11.1. The third-order valence-corrected chi connectivity index (χ3v) is 4.76. The minimum Gasteiger partial charge on any atom is -0.288 e. The Balaban J connectivity index is 1.74. The summed E-state index contributed by atoms with van der Waals surface area (Å²) in [6, 6.07) is 17.4. The van der Waals surface area contributed by atoms with Gasteiger partial charge in [0.1, 0.15) is 5.69 Å². The molecule has 0 atom stereocenters. The van der Waals surface area contributed by atoms with E-state index in [1.165, 1.54) is 11.3 Å². The molecule has 5 heteroatoms. The van der Waals surface area contributed by atoms with Gasteiger partial charge < -0.3 is 0 Å². The number of benzene rings is 1. The van der Waals surface area contributed by atoms with Crippen molar-refractivity contribution in [1.82, 2.24) is 14.8 Å². The number of hydrogen-bond acceptors (Lipinski definition) is 4. The van der Waals surface area contributed by atoms with Crippen LogP contribution in [0.15, 0.2) is 84.6 Å². The fourth-order valence-electron chi connectivity index (χ4n) is 2.62. The molecule has 26 heavy (non-hydrogen) atoms. The number of thiophene rings is 1. The number of hydrogen-bond donors (Lipinski definition) is 0. The van der Waals surface area contributed by atoms with Crippen molar-refractivity contribution in [3.8, 4) is 16.9 Å². The van der Waals surface area contributed by atoms with Crippen LogP contribution in [0.3, 0.4) is 0 Å². The molecule has 4 aromatic rings. The zero-order valence-electron chi connectivity index (χ0n) is 13.8. The molecular weight excluding hydrogens is 342 g/mol. The Morgan fingerprint density at radius 3 is 2.65 bits per heavy atom. The second-order valence-electron chi connectivity index (χ2n) is 5.63. The van der Waals surface area contributed by atoms with E-state index in [1.807, 2.05) is 76.9 Å². The van der Waals surface area contributed by atoms with Gasteiger partial charge in [-0.2, -0.15) is 5.10 Å². The van der Waals surface area contributed by atoms with Crippen molar-refractivity contribution >= 4 is 23.2 Å². The predicted octanol–water partition coefficient (Wildman–Crippen LogP) is 4.89. The molecule has 0 bridgehead atoms. The van der Waals surface area contributed by atoms with Gasteiger partial charge in [0, 0.05) is 29.7 Å². The SMILES string of the molecule is O=C(/C=C/c1cn(-c2ccccc2)nc1-c1cccnc1)c1cccs1. The number of nitrogens with zero attached hydrogens (tertiary/aromatic N) is 3. The van der Waals surface area contributed by atoms with Gasteiger partial charge in [-0.25, -0.2) is 4.68 Å². The summed E-state index contributed by atoms with van der Waals surface area (Å²) in [6.45, 7) is 0. The van der Waals surface area contributed by atoms with E-state index in [-0.39, 0.29) is 5.78 Å².